The van der Waals surface area contributed by atoms with E-state index in [1.165, 1.54) is 17.8 Å². The molecule has 0 bridgehead atoms. The molecule has 2 aliphatic heterocycles. The minimum Gasteiger partial charge on any atom is -0.370 e. The van der Waals surface area contributed by atoms with Crippen LogP contribution in [-0.2, 0) is 13.0 Å². The molecular formula is C16H19FN4. The first-order valence-electron chi connectivity index (χ1n) is 7.55. The second kappa shape index (κ2) is 5.15. The van der Waals surface area contributed by atoms with Crippen molar-refractivity contribution in [1.82, 2.24) is 14.9 Å². The molecule has 2 aromatic rings. The lowest BCUT2D eigenvalue weighted by Crippen LogP contribution is -2.41. The van der Waals surface area contributed by atoms with E-state index in [9.17, 15) is 4.39 Å². The van der Waals surface area contributed by atoms with Crippen LogP contribution in [0.15, 0.2) is 30.6 Å². The minimum absolute atomic E-state index is 0.169. The van der Waals surface area contributed by atoms with Gasteiger partial charge in [-0.25, -0.2) is 9.37 Å². The first kappa shape index (κ1) is 12.8. The Morgan fingerprint density at radius 2 is 2.05 bits per heavy atom. The van der Waals surface area contributed by atoms with Crippen molar-refractivity contribution in [2.75, 3.05) is 24.5 Å². The van der Waals surface area contributed by atoms with E-state index in [2.05, 4.69) is 19.8 Å². The number of hydrogen-bond acceptors (Lipinski definition) is 3. The van der Waals surface area contributed by atoms with Crippen molar-refractivity contribution in [2.45, 2.75) is 25.4 Å². The standard InChI is InChI=1S/C16H19FN4/c17-12-1-3-13(4-2-12)20-7-5-14(9-20)21-8-6-15-16(10-21)19-11-18-15/h1-4,11,14H,5-10H2,(H,18,19)/t14-/m1/s1. The van der Waals surface area contributed by atoms with E-state index in [-0.39, 0.29) is 5.82 Å². The first-order chi connectivity index (χ1) is 10.3. The predicted molar refractivity (Wildman–Crippen MR) is 79.7 cm³/mol. The summed E-state index contributed by atoms with van der Waals surface area (Å²) in [6, 6.07) is 7.41. The number of H-pyrrole nitrogens is 1. The van der Waals surface area contributed by atoms with Gasteiger partial charge >= 0.3 is 0 Å². The molecule has 1 fully saturated rings. The van der Waals surface area contributed by atoms with E-state index in [1.54, 1.807) is 18.5 Å². The van der Waals surface area contributed by atoms with E-state index in [0.717, 1.165) is 38.3 Å². The summed E-state index contributed by atoms with van der Waals surface area (Å²) < 4.78 is 13.0. The molecule has 4 nitrogen and oxygen atoms in total. The lowest BCUT2D eigenvalue weighted by molar-refractivity contribution is 0.188. The van der Waals surface area contributed by atoms with E-state index in [1.807, 2.05) is 12.1 Å². The summed E-state index contributed by atoms with van der Waals surface area (Å²) in [5.74, 6) is -0.169. The smallest absolute Gasteiger partial charge is 0.123 e. The van der Waals surface area contributed by atoms with Crippen LogP contribution in [0.3, 0.4) is 0 Å². The largest absolute Gasteiger partial charge is 0.370 e. The summed E-state index contributed by atoms with van der Waals surface area (Å²) in [7, 11) is 0. The second-order valence-corrected chi connectivity index (χ2v) is 5.91. The SMILES string of the molecule is Fc1ccc(N2CC[C@@H](N3CCc4nc[nH]c4C3)C2)cc1. The highest BCUT2D eigenvalue weighted by molar-refractivity contribution is 5.47. The molecule has 0 saturated carbocycles. The number of aromatic nitrogens is 2. The molecule has 2 aliphatic rings. The van der Waals surface area contributed by atoms with Gasteiger partial charge in [0.15, 0.2) is 0 Å². The predicted octanol–water partition coefficient (Wildman–Crippen LogP) is 2.19. The van der Waals surface area contributed by atoms with Gasteiger partial charge in [0.05, 0.1) is 17.7 Å². The van der Waals surface area contributed by atoms with Crippen LogP contribution in [0.25, 0.3) is 0 Å². The third-order valence-electron chi connectivity index (χ3n) is 4.68. The Kier molecular flexibility index (Phi) is 3.15. The Bertz CT molecular complexity index is 621. The van der Waals surface area contributed by atoms with Crippen LogP contribution in [-0.4, -0.2) is 40.5 Å². The van der Waals surface area contributed by atoms with Crippen LogP contribution in [0.5, 0.6) is 0 Å². The molecule has 1 aromatic carbocycles. The number of halogens is 1. The molecule has 110 valence electrons. The molecule has 1 atom stereocenters. The number of rotatable bonds is 2. The van der Waals surface area contributed by atoms with Crippen LogP contribution >= 0.6 is 0 Å². The average Bonchev–Trinajstić information content (AvgIpc) is 3.16. The van der Waals surface area contributed by atoms with E-state index >= 15 is 0 Å². The lowest BCUT2D eigenvalue weighted by Gasteiger charge is -2.31. The maximum Gasteiger partial charge on any atom is 0.123 e. The summed E-state index contributed by atoms with van der Waals surface area (Å²) in [5, 5.41) is 0. The van der Waals surface area contributed by atoms with Crippen molar-refractivity contribution in [3.05, 3.63) is 47.8 Å². The molecule has 0 unspecified atom stereocenters. The molecule has 1 saturated heterocycles. The van der Waals surface area contributed by atoms with Gasteiger partial charge in [0.2, 0.25) is 0 Å². The Morgan fingerprint density at radius 3 is 2.90 bits per heavy atom. The Morgan fingerprint density at radius 1 is 1.19 bits per heavy atom. The summed E-state index contributed by atoms with van der Waals surface area (Å²) in [6.07, 6.45) is 4.00. The number of nitrogens with zero attached hydrogens (tertiary/aromatic N) is 3. The van der Waals surface area contributed by atoms with Gasteiger partial charge in [-0.3, -0.25) is 4.90 Å². The first-order valence-corrected chi connectivity index (χ1v) is 7.55. The monoisotopic (exact) mass is 286 g/mol. The highest BCUT2D eigenvalue weighted by Crippen LogP contribution is 2.26. The summed E-state index contributed by atoms with van der Waals surface area (Å²) >= 11 is 0. The van der Waals surface area contributed by atoms with Crippen molar-refractivity contribution in [3.8, 4) is 0 Å². The van der Waals surface area contributed by atoms with Gasteiger partial charge in [0.25, 0.3) is 0 Å². The van der Waals surface area contributed by atoms with E-state index in [0.29, 0.717) is 6.04 Å². The molecule has 3 heterocycles. The van der Waals surface area contributed by atoms with Gasteiger partial charge < -0.3 is 9.88 Å². The van der Waals surface area contributed by atoms with Crippen molar-refractivity contribution in [1.29, 1.82) is 0 Å². The number of hydrogen-bond donors (Lipinski definition) is 1. The van der Waals surface area contributed by atoms with Crippen LogP contribution in [0, 0.1) is 5.82 Å². The lowest BCUT2D eigenvalue weighted by atomic mass is 10.1. The third kappa shape index (κ3) is 2.42. The topological polar surface area (TPSA) is 35.2 Å². The van der Waals surface area contributed by atoms with Crippen LogP contribution in [0.4, 0.5) is 10.1 Å². The molecule has 0 aliphatic carbocycles. The molecule has 1 aromatic heterocycles. The number of nitrogens with one attached hydrogen (secondary N) is 1. The number of imidazole rings is 1. The molecule has 0 amide bonds. The summed E-state index contributed by atoms with van der Waals surface area (Å²) in [4.78, 5) is 12.5. The minimum atomic E-state index is -0.169. The Hall–Kier alpha value is -1.88. The average molecular weight is 286 g/mol. The van der Waals surface area contributed by atoms with Gasteiger partial charge in [-0.15, -0.1) is 0 Å². The van der Waals surface area contributed by atoms with Crippen LogP contribution < -0.4 is 4.90 Å². The molecule has 4 rings (SSSR count). The Balaban J connectivity index is 1.44. The summed E-state index contributed by atoms with van der Waals surface area (Å²) in [5.41, 5.74) is 3.61. The quantitative estimate of drug-likeness (QED) is 0.919. The van der Waals surface area contributed by atoms with Crippen LogP contribution in [0.2, 0.25) is 0 Å². The normalized spacial score (nSPS) is 22.5. The number of fused-ring (bicyclic) bond motifs is 1. The van der Waals surface area contributed by atoms with Crippen molar-refractivity contribution >= 4 is 5.69 Å². The zero-order chi connectivity index (χ0) is 14.2. The van der Waals surface area contributed by atoms with Gasteiger partial charge in [0, 0.05) is 44.3 Å². The van der Waals surface area contributed by atoms with E-state index in [4.69, 9.17) is 0 Å². The highest BCUT2D eigenvalue weighted by Gasteiger charge is 2.30. The van der Waals surface area contributed by atoms with Crippen molar-refractivity contribution < 1.29 is 4.39 Å². The molecule has 0 spiro atoms. The van der Waals surface area contributed by atoms with Crippen molar-refractivity contribution in [2.24, 2.45) is 0 Å². The van der Waals surface area contributed by atoms with Gasteiger partial charge in [0.1, 0.15) is 5.82 Å². The van der Waals surface area contributed by atoms with E-state index < -0.39 is 0 Å². The number of benzene rings is 1. The zero-order valence-corrected chi connectivity index (χ0v) is 11.9. The number of anilines is 1. The fraction of sp³-hybridized carbons (Fsp3) is 0.438. The molecule has 21 heavy (non-hydrogen) atoms. The fourth-order valence-electron chi connectivity index (χ4n) is 3.47. The second-order valence-electron chi connectivity index (χ2n) is 5.91. The third-order valence-corrected chi connectivity index (χ3v) is 4.68. The van der Waals surface area contributed by atoms with Gasteiger partial charge in [-0.1, -0.05) is 0 Å². The molecule has 0 radical (unpaired) electrons. The summed E-state index contributed by atoms with van der Waals surface area (Å²) in [6.45, 7) is 4.12. The highest BCUT2D eigenvalue weighted by atomic mass is 19.1. The molecule has 5 heteroatoms. The van der Waals surface area contributed by atoms with Gasteiger partial charge in [-0.05, 0) is 30.7 Å². The number of aromatic amines is 1. The Labute approximate surface area is 123 Å². The maximum atomic E-state index is 13.0. The molecular weight excluding hydrogens is 267 g/mol. The fourth-order valence-corrected chi connectivity index (χ4v) is 3.47. The van der Waals surface area contributed by atoms with Crippen molar-refractivity contribution in [3.63, 3.8) is 0 Å². The molecule has 1 N–H and O–H groups in total. The van der Waals surface area contributed by atoms with Crippen LogP contribution in [0.1, 0.15) is 17.8 Å². The zero-order valence-electron chi connectivity index (χ0n) is 11.9. The maximum absolute atomic E-state index is 13.0. The van der Waals surface area contributed by atoms with Gasteiger partial charge in [-0.2, -0.15) is 0 Å².